The Labute approximate surface area is 165 Å². The summed E-state index contributed by atoms with van der Waals surface area (Å²) in [6.45, 7) is 1.55. The van der Waals surface area contributed by atoms with Gasteiger partial charge in [-0.2, -0.15) is 18.3 Å². The number of rotatable bonds is 4. The number of hydrogen-bond donors (Lipinski definition) is 0. The Morgan fingerprint density at radius 3 is 2.62 bits per heavy atom. The molecular formula is C21H20F4N2O2. The van der Waals surface area contributed by atoms with Crippen molar-refractivity contribution in [2.75, 3.05) is 6.61 Å². The number of nitrogens with zero attached hydrogens (tertiary/aromatic N) is 2. The molecule has 0 bridgehead atoms. The van der Waals surface area contributed by atoms with E-state index in [0.29, 0.717) is 18.6 Å². The first-order valence-corrected chi connectivity index (χ1v) is 9.42. The Bertz CT molecular complexity index is 1010. The van der Waals surface area contributed by atoms with Gasteiger partial charge in [0.25, 0.3) is 0 Å². The third-order valence-electron chi connectivity index (χ3n) is 5.12. The van der Waals surface area contributed by atoms with Crippen LogP contribution in [0.1, 0.15) is 42.2 Å². The molecule has 1 aliphatic rings. The summed E-state index contributed by atoms with van der Waals surface area (Å²) in [6, 6.07) is 8.85. The molecule has 1 aromatic heterocycles. The van der Waals surface area contributed by atoms with E-state index in [0.717, 1.165) is 19.8 Å². The lowest BCUT2D eigenvalue weighted by atomic mass is 10.0. The minimum absolute atomic E-state index is 0.00877. The van der Waals surface area contributed by atoms with E-state index in [2.05, 4.69) is 5.10 Å². The van der Waals surface area contributed by atoms with Gasteiger partial charge >= 0.3 is 6.18 Å². The van der Waals surface area contributed by atoms with Gasteiger partial charge in [0.2, 0.25) is 0 Å². The summed E-state index contributed by atoms with van der Waals surface area (Å²) in [5.41, 5.74) is -0.933. The molecule has 0 saturated carbocycles. The maximum atomic E-state index is 15.1. The molecular weight excluding hydrogens is 388 g/mol. The molecule has 0 radical (unpaired) electrons. The summed E-state index contributed by atoms with van der Waals surface area (Å²) >= 11 is 0. The standard InChI is InChI=1S/C21H20F4N2O2/c1-13-17(21(23,24)25)20(29-12-14-7-3-2-4-8-14)15-11-26-27(19(15)18(13)22)16-9-5-6-10-28-16/h2-4,7-8,11,16H,5-6,9-10,12H2,1H3. The molecule has 1 fully saturated rings. The molecule has 29 heavy (non-hydrogen) atoms. The highest BCUT2D eigenvalue weighted by molar-refractivity contribution is 5.89. The summed E-state index contributed by atoms with van der Waals surface area (Å²) < 4.78 is 69.1. The first-order valence-electron chi connectivity index (χ1n) is 9.42. The van der Waals surface area contributed by atoms with Gasteiger partial charge in [0.15, 0.2) is 12.0 Å². The zero-order valence-electron chi connectivity index (χ0n) is 15.8. The van der Waals surface area contributed by atoms with Crippen LogP contribution in [-0.4, -0.2) is 16.4 Å². The van der Waals surface area contributed by atoms with Crippen LogP contribution in [0.3, 0.4) is 0 Å². The van der Waals surface area contributed by atoms with Crippen molar-refractivity contribution in [1.82, 2.24) is 9.78 Å². The van der Waals surface area contributed by atoms with E-state index in [4.69, 9.17) is 9.47 Å². The highest BCUT2D eigenvalue weighted by Gasteiger charge is 2.40. The Morgan fingerprint density at radius 1 is 1.21 bits per heavy atom. The van der Waals surface area contributed by atoms with Crippen molar-refractivity contribution in [3.8, 4) is 5.75 Å². The van der Waals surface area contributed by atoms with E-state index in [1.54, 1.807) is 30.3 Å². The molecule has 1 atom stereocenters. The molecule has 3 aromatic rings. The van der Waals surface area contributed by atoms with Gasteiger partial charge in [0.05, 0.1) is 11.6 Å². The molecule has 8 heteroatoms. The summed E-state index contributed by atoms with van der Waals surface area (Å²) in [4.78, 5) is 0. The molecule has 0 amide bonds. The van der Waals surface area contributed by atoms with Crippen molar-refractivity contribution in [1.29, 1.82) is 0 Å². The molecule has 0 aliphatic carbocycles. The van der Waals surface area contributed by atoms with Gasteiger partial charge < -0.3 is 9.47 Å². The average molecular weight is 408 g/mol. The number of benzene rings is 2. The summed E-state index contributed by atoms with van der Waals surface area (Å²) in [5.74, 6) is -1.36. The van der Waals surface area contributed by atoms with Gasteiger partial charge in [-0.1, -0.05) is 30.3 Å². The van der Waals surface area contributed by atoms with Crippen LogP contribution in [0, 0.1) is 12.7 Å². The normalized spacial score (nSPS) is 17.6. The van der Waals surface area contributed by atoms with Gasteiger partial charge in [0, 0.05) is 12.2 Å². The van der Waals surface area contributed by atoms with Crippen molar-refractivity contribution >= 4 is 10.9 Å². The third kappa shape index (κ3) is 3.69. The number of ether oxygens (including phenoxy) is 2. The van der Waals surface area contributed by atoms with Crippen LogP contribution in [0.5, 0.6) is 5.75 Å². The summed E-state index contributed by atoms with van der Waals surface area (Å²) in [5, 5.41) is 4.16. The number of alkyl halides is 3. The van der Waals surface area contributed by atoms with E-state index in [1.165, 1.54) is 10.9 Å². The summed E-state index contributed by atoms with van der Waals surface area (Å²) in [7, 11) is 0. The van der Waals surface area contributed by atoms with E-state index in [9.17, 15) is 13.2 Å². The van der Waals surface area contributed by atoms with Crippen molar-refractivity contribution in [3.05, 3.63) is 59.0 Å². The number of fused-ring (bicyclic) bond motifs is 1. The van der Waals surface area contributed by atoms with Gasteiger partial charge in [-0.3, -0.25) is 0 Å². The zero-order chi connectivity index (χ0) is 20.6. The first-order chi connectivity index (χ1) is 13.9. The second-order valence-corrected chi connectivity index (χ2v) is 7.09. The maximum Gasteiger partial charge on any atom is 0.420 e. The molecule has 2 aromatic carbocycles. The van der Waals surface area contributed by atoms with Crippen molar-refractivity contribution in [2.24, 2.45) is 0 Å². The van der Waals surface area contributed by atoms with E-state index >= 15 is 4.39 Å². The SMILES string of the molecule is Cc1c(C(F)(F)F)c(OCc2ccccc2)c2cnn(C3CCCCO3)c2c1F. The first kappa shape index (κ1) is 19.7. The fraction of sp³-hybridized carbons (Fsp3) is 0.381. The van der Waals surface area contributed by atoms with Crippen LogP contribution in [0.25, 0.3) is 10.9 Å². The predicted octanol–water partition coefficient (Wildman–Crippen LogP) is 5.78. The van der Waals surface area contributed by atoms with Crippen molar-refractivity contribution in [2.45, 2.75) is 45.2 Å². The van der Waals surface area contributed by atoms with Crippen LogP contribution < -0.4 is 4.74 Å². The molecule has 1 saturated heterocycles. The Balaban J connectivity index is 1.86. The molecule has 1 unspecified atom stereocenters. The minimum Gasteiger partial charge on any atom is -0.487 e. The quantitative estimate of drug-likeness (QED) is 0.514. The van der Waals surface area contributed by atoms with Crippen LogP contribution in [0.2, 0.25) is 0 Å². The molecule has 154 valence electrons. The monoisotopic (exact) mass is 408 g/mol. The van der Waals surface area contributed by atoms with E-state index in [1.807, 2.05) is 0 Å². The van der Waals surface area contributed by atoms with E-state index < -0.39 is 35.1 Å². The molecule has 1 aliphatic heterocycles. The largest absolute Gasteiger partial charge is 0.487 e. The summed E-state index contributed by atoms with van der Waals surface area (Å²) in [6.07, 6.45) is -1.66. The van der Waals surface area contributed by atoms with Crippen LogP contribution in [0.4, 0.5) is 17.6 Å². The highest BCUT2D eigenvalue weighted by atomic mass is 19.4. The predicted molar refractivity (Wildman–Crippen MR) is 99.0 cm³/mol. The maximum absolute atomic E-state index is 15.1. The lowest BCUT2D eigenvalue weighted by molar-refractivity contribution is -0.139. The fourth-order valence-electron chi connectivity index (χ4n) is 3.70. The molecule has 4 rings (SSSR count). The van der Waals surface area contributed by atoms with E-state index in [-0.39, 0.29) is 17.5 Å². The van der Waals surface area contributed by atoms with Gasteiger partial charge in [0.1, 0.15) is 23.4 Å². The number of aromatic nitrogens is 2. The zero-order valence-corrected chi connectivity index (χ0v) is 15.8. The smallest absolute Gasteiger partial charge is 0.420 e. The highest BCUT2D eigenvalue weighted by Crippen LogP contribution is 2.45. The molecule has 0 spiro atoms. The fourth-order valence-corrected chi connectivity index (χ4v) is 3.70. The lowest BCUT2D eigenvalue weighted by Crippen LogP contribution is -2.20. The number of halogens is 4. The second-order valence-electron chi connectivity index (χ2n) is 7.09. The van der Waals surface area contributed by atoms with Gasteiger partial charge in [-0.25, -0.2) is 9.07 Å². The molecule has 4 nitrogen and oxygen atoms in total. The molecule has 0 N–H and O–H groups in total. The molecule has 2 heterocycles. The number of hydrogen-bond acceptors (Lipinski definition) is 3. The van der Waals surface area contributed by atoms with Crippen LogP contribution >= 0.6 is 0 Å². The second kappa shape index (κ2) is 7.67. The van der Waals surface area contributed by atoms with Gasteiger partial charge in [-0.15, -0.1) is 0 Å². The van der Waals surface area contributed by atoms with Gasteiger partial charge in [-0.05, 0) is 31.7 Å². The minimum atomic E-state index is -4.77. The lowest BCUT2D eigenvalue weighted by Gasteiger charge is -2.24. The van der Waals surface area contributed by atoms with Crippen LogP contribution in [0.15, 0.2) is 36.5 Å². The van der Waals surface area contributed by atoms with Crippen LogP contribution in [-0.2, 0) is 17.5 Å². The Hall–Kier alpha value is -2.61. The van der Waals surface area contributed by atoms with Crippen molar-refractivity contribution < 1.29 is 27.0 Å². The van der Waals surface area contributed by atoms with Crippen molar-refractivity contribution in [3.63, 3.8) is 0 Å². The Kier molecular flexibility index (Phi) is 5.21. The topological polar surface area (TPSA) is 36.3 Å². The Morgan fingerprint density at radius 2 is 1.97 bits per heavy atom. The third-order valence-corrected chi connectivity index (χ3v) is 5.12. The average Bonchev–Trinajstić information content (AvgIpc) is 3.15.